The lowest BCUT2D eigenvalue weighted by Gasteiger charge is -2.35. The van der Waals surface area contributed by atoms with E-state index in [1.165, 1.54) is 17.9 Å². The lowest BCUT2D eigenvalue weighted by molar-refractivity contribution is -0.140. The number of amides is 4. The SMILES string of the molecule is C=CCC(C)(/C=C\C)COC1CCCC[C@@H]1NC(=O)c1cc(C(=O)NCCCCCC(=O)NCCCCCC(=O)OC)nn1CC(=O)NC1CCCC[C@@H]1OCc1ccccc1. The first kappa shape index (κ1) is 49.8. The molecule has 1 heterocycles. The summed E-state index contributed by atoms with van der Waals surface area (Å²) in [6.45, 7) is 9.65. The lowest BCUT2D eigenvalue weighted by Crippen LogP contribution is -2.48. The third kappa shape index (κ3) is 17.5. The summed E-state index contributed by atoms with van der Waals surface area (Å²) in [5.74, 6) is -1.43. The summed E-state index contributed by atoms with van der Waals surface area (Å²) in [5.41, 5.74) is 1.01. The third-order valence-corrected chi connectivity index (χ3v) is 11.7. The highest BCUT2D eigenvalue weighted by Crippen LogP contribution is 2.29. The Labute approximate surface area is 368 Å². The minimum Gasteiger partial charge on any atom is -0.469 e. The van der Waals surface area contributed by atoms with Crippen molar-refractivity contribution in [3.63, 3.8) is 0 Å². The van der Waals surface area contributed by atoms with E-state index in [1.54, 1.807) is 0 Å². The lowest BCUT2D eigenvalue weighted by atomic mass is 9.86. The van der Waals surface area contributed by atoms with Gasteiger partial charge in [-0.2, -0.15) is 5.10 Å². The van der Waals surface area contributed by atoms with E-state index >= 15 is 0 Å². The fourth-order valence-corrected chi connectivity index (χ4v) is 8.24. The molecule has 4 amide bonds. The molecule has 0 saturated heterocycles. The van der Waals surface area contributed by atoms with Gasteiger partial charge in [-0.05, 0) is 70.3 Å². The monoisotopic (exact) mass is 861 g/mol. The first-order valence-electron chi connectivity index (χ1n) is 22.9. The number of carbonyl (C=O) groups excluding carboxylic acids is 5. The zero-order valence-electron chi connectivity index (χ0n) is 37.4. The van der Waals surface area contributed by atoms with Crippen LogP contribution in [0.1, 0.15) is 150 Å². The number of aromatic nitrogens is 2. The number of unbranched alkanes of at least 4 members (excludes halogenated alkanes) is 4. The zero-order chi connectivity index (χ0) is 44.6. The van der Waals surface area contributed by atoms with Gasteiger partial charge in [0.05, 0.1) is 44.6 Å². The number of nitrogens with one attached hydrogen (secondary N) is 4. The van der Waals surface area contributed by atoms with E-state index in [1.807, 2.05) is 49.4 Å². The van der Waals surface area contributed by atoms with Gasteiger partial charge in [-0.1, -0.05) is 94.0 Å². The van der Waals surface area contributed by atoms with Gasteiger partial charge in [0.25, 0.3) is 11.8 Å². The summed E-state index contributed by atoms with van der Waals surface area (Å²) in [6, 6.07) is 11.0. The molecule has 0 radical (unpaired) electrons. The number of nitrogens with zero attached hydrogens (tertiary/aromatic N) is 2. The first-order chi connectivity index (χ1) is 30.0. The molecule has 5 atom stereocenters. The van der Waals surface area contributed by atoms with Gasteiger partial charge < -0.3 is 35.5 Å². The Hall–Kier alpha value is -4.82. The molecule has 62 heavy (non-hydrogen) atoms. The van der Waals surface area contributed by atoms with Crippen molar-refractivity contribution in [3.8, 4) is 0 Å². The van der Waals surface area contributed by atoms with Crippen molar-refractivity contribution >= 4 is 29.6 Å². The first-order valence-corrected chi connectivity index (χ1v) is 22.9. The van der Waals surface area contributed by atoms with Crippen LogP contribution in [0.2, 0.25) is 0 Å². The summed E-state index contributed by atoms with van der Waals surface area (Å²) in [7, 11) is 1.38. The van der Waals surface area contributed by atoms with Gasteiger partial charge in [0.2, 0.25) is 11.8 Å². The predicted octanol–water partition coefficient (Wildman–Crippen LogP) is 6.88. The number of hydrogen-bond acceptors (Lipinski definition) is 9. The second-order valence-corrected chi connectivity index (χ2v) is 17.0. The molecule has 0 spiro atoms. The van der Waals surface area contributed by atoms with Gasteiger partial charge in [0.15, 0.2) is 5.69 Å². The number of rotatable bonds is 27. The Balaban J connectivity index is 1.36. The Bertz CT molecular complexity index is 1750. The minimum absolute atomic E-state index is 0.0213. The molecule has 4 rings (SSSR count). The summed E-state index contributed by atoms with van der Waals surface area (Å²) < 4.78 is 18.8. The molecule has 1 aromatic carbocycles. The summed E-state index contributed by atoms with van der Waals surface area (Å²) in [6.07, 6.45) is 18.7. The fourth-order valence-electron chi connectivity index (χ4n) is 8.24. The molecular weight excluding hydrogens is 789 g/mol. The van der Waals surface area contributed by atoms with E-state index in [-0.39, 0.29) is 65.4 Å². The number of benzene rings is 1. The van der Waals surface area contributed by atoms with Crippen molar-refractivity contribution in [1.82, 2.24) is 31.0 Å². The van der Waals surface area contributed by atoms with Crippen molar-refractivity contribution in [2.24, 2.45) is 5.41 Å². The molecule has 14 heteroatoms. The van der Waals surface area contributed by atoms with Crippen LogP contribution in [0.15, 0.2) is 61.2 Å². The van der Waals surface area contributed by atoms with Crippen LogP contribution in [0, 0.1) is 5.41 Å². The molecule has 1 aromatic heterocycles. The maximum absolute atomic E-state index is 14.1. The van der Waals surface area contributed by atoms with Gasteiger partial charge in [0.1, 0.15) is 12.2 Å². The number of esters is 1. The summed E-state index contributed by atoms with van der Waals surface area (Å²) in [4.78, 5) is 64.7. The van der Waals surface area contributed by atoms with E-state index in [4.69, 9.17) is 9.47 Å². The molecule has 2 aliphatic rings. The Morgan fingerprint density at radius 2 is 1.45 bits per heavy atom. The molecule has 0 bridgehead atoms. The van der Waals surface area contributed by atoms with E-state index in [0.29, 0.717) is 52.0 Å². The van der Waals surface area contributed by atoms with Gasteiger partial charge in [-0.3, -0.25) is 24.0 Å². The minimum atomic E-state index is -0.450. The van der Waals surface area contributed by atoms with E-state index in [2.05, 4.69) is 50.7 Å². The van der Waals surface area contributed by atoms with Crippen LogP contribution >= 0.6 is 0 Å². The molecule has 342 valence electrons. The summed E-state index contributed by atoms with van der Waals surface area (Å²) >= 11 is 0. The van der Waals surface area contributed by atoms with Gasteiger partial charge >= 0.3 is 5.97 Å². The third-order valence-electron chi connectivity index (χ3n) is 11.7. The number of ether oxygens (including phenoxy) is 3. The van der Waals surface area contributed by atoms with Gasteiger partial charge in [-0.25, -0.2) is 4.68 Å². The quantitative estimate of drug-likeness (QED) is 0.0423. The molecule has 3 unspecified atom stereocenters. The van der Waals surface area contributed by atoms with Crippen molar-refractivity contribution in [1.29, 1.82) is 0 Å². The van der Waals surface area contributed by atoms with Gasteiger partial charge in [-0.15, -0.1) is 6.58 Å². The predicted molar refractivity (Wildman–Crippen MR) is 239 cm³/mol. The van der Waals surface area contributed by atoms with Crippen LogP contribution < -0.4 is 21.3 Å². The van der Waals surface area contributed by atoms with Crippen LogP contribution in [0.5, 0.6) is 0 Å². The Morgan fingerprint density at radius 1 is 0.806 bits per heavy atom. The van der Waals surface area contributed by atoms with Crippen molar-refractivity contribution in [2.75, 3.05) is 26.8 Å². The Morgan fingerprint density at radius 3 is 2.13 bits per heavy atom. The van der Waals surface area contributed by atoms with Crippen molar-refractivity contribution in [2.45, 2.75) is 160 Å². The highest BCUT2D eigenvalue weighted by Gasteiger charge is 2.32. The highest BCUT2D eigenvalue weighted by molar-refractivity contribution is 5.98. The molecule has 0 aliphatic heterocycles. The van der Waals surface area contributed by atoms with Crippen LogP contribution in [-0.2, 0) is 41.7 Å². The number of hydrogen-bond donors (Lipinski definition) is 4. The molecule has 2 aliphatic carbocycles. The molecule has 14 nitrogen and oxygen atoms in total. The number of allylic oxidation sites excluding steroid dienone is 2. The highest BCUT2D eigenvalue weighted by atomic mass is 16.5. The average molecular weight is 861 g/mol. The van der Waals surface area contributed by atoms with Crippen LogP contribution in [0.4, 0.5) is 0 Å². The fraction of sp³-hybridized carbons (Fsp3) is 0.625. The number of methoxy groups -OCH3 is 1. The summed E-state index contributed by atoms with van der Waals surface area (Å²) in [5, 5.41) is 16.6. The van der Waals surface area contributed by atoms with Gasteiger partial charge in [0, 0.05) is 37.4 Å². The molecule has 2 fully saturated rings. The average Bonchev–Trinajstić information content (AvgIpc) is 3.69. The van der Waals surface area contributed by atoms with Crippen molar-refractivity contribution < 1.29 is 38.2 Å². The van der Waals surface area contributed by atoms with Crippen molar-refractivity contribution in [3.05, 3.63) is 78.2 Å². The smallest absolute Gasteiger partial charge is 0.305 e. The van der Waals surface area contributed by atoms with Crippen LogP contribution in [-0.4, -0.2) is 90.5 Å². The standard InChI is InChI=1S/C48H72N6O8/c1-5-28-48(3,29-6-2)35-62-42-25-17-15-23-38(42)52-47(59)40-32-39(46(58)50-31-19-8-12-26-43(55)49-30-18-9-13-27-45(57)60-4)53-54(40)33-44(56)51-37-22-14-16-24-41(37)61-34-36-20-10-7-11-21-36/h5-7,10-11,20-21,29,32,37-38,41-42H,1,8-9,12-19,22-28,30-31,33-35H2,2-4H3,(H,49,55)(H,50,58)(H,51,56)(H,52,59)/b29-6-/t37?,38-,41-,42?,48?/m0/s1. The Kier molecular flexibility index (Phi) is 21.9. The largest absolute Gasteiger partial charge is 0.469 e. The van der Waals surface area contributed by atoms with E-state index in [9.17, 15) is 24.0 Å². The maximum Gasteiger partial charge on any atom is 0.305 e. The maximum atomic E-state index is 14.1. The zero-order valence-corrected chi connectivity index (χ0v) is 37.4. The second kappa shape index (κ2) is 27.3. The van der Waals surface area contributed by atoms with Crippen LogP contribution in [0.3, 0.4) is 0 Å². The van der Waals surface area contributed by atoms with E-state index < -0.39 is 11.8 Å². The van der Waals surface area contributed by atoms with Crippen LogP contribution in [0.25, 0.3) is 0 Å². The van der Waals surface area contributed by atoms with E-state index in [0.717, 1.165) is 89.0 Å². The molecule has 4 N–H and O–H groups in total. The molecular formula is C48H72N6O8. The number of carbonyl (C=O) groups is 5. The topological polar surface area (TPSA) is 179 Å². The normalized spacial score (nSPS) is 19.9. The second-order valence-electron chi connectivity index (χ2n) is 17.0. The molecule has 2 aromatic rings. The molecule has 2 saturated carbocycles.